The summed E-state index contributed by atoms with van der Waals surface area (Å²) < 4.78 is 0. The molecule has 1 aliphatic carbocycles. The maximum atomic E-state index is 11.7. The maximum Gasteiger partial charge on any atom is 0.317 e. The van der Waals surface area contributed by atoms with Crippen LogP contribution in [0.15, 0.2) is 0 Å². The molecule has 2 N–H and O–H groups in total. The lowest BCUT2D eigenvalue weighted by atomic mass is 10.2. The maximum absolute atomic E-state index is 11.7. The van der Waals surface area contributed by atoms with Crippen LogP contribution in [0.1, 0.15) is 45.4 Å². The first-order valence-corrected chi connectivity index (χ1v) is 6.85. The Bertz CT molecular complexity index is 275. The summed E-state index contributed by atoms with van der Waals surface area (Å²) in [4.78, 5) is 24.2. The highest BCUT2D eigenvalue weighted by molar-refractivity contribution is 5.76. The number of nitrogens with one attached hydrogen (secondary N) is 1. The van der Waals surface area contributed by atoms with Crippen molar-refractivity contribution in [2.75, 3.05) is 19.6 Å². The van der Waals surface area contributed by atoms with E-state index in [4.69, 9.17) is 5.11 Å². The normalized spacial score (nSPS) is 16.1. The van der Waals surface area contributed by atoms with Crippen LogP contribution in [-0.4, -0.2) is 47.6 Å². The first-order chi connectivity index (χ1) is 8.61. The Balaban J connectivity index is 2.22. The van der Waals surface area contributed by atoms with E-state index in [1.807, 2.05) is 11.8 Å². The largest absolute Gasteiger partial charge is 0.480 e. The van der Waals surface area contributed by atoms with E-state index in [0.717, 1.165) is 25.8 Å². The van der Waals surface area contributed by atoms with Gasteiger partial charge in [-0.25, -0.2) is 0 Å². The van der Waals surface area contributed by atoms with Crippen LogP contribution in [0, 0.1) is 0 Å². The molecular formula is C13H24N2O3. The molecule has 0 heterocycles. The van der Waals surface area contributed by atoms with E-state index in [1.165, 1.54) is 12.8 Å². The number of aliphatic carboxylic acids is 1. The zero-order chi connectivity index (χ0) is 13.4. The van der Waals surface area contributed by atoms with Crippen LogP contribution >= 0.6 is 0 Å². The van der Waals surface area contributed by atoms with Gasteiger partial charge in [0.05, 0.1) is 6.54 Å². The molecule has 0 bridgehead atoms. The molecule has 0 unspecified atom stereocenters. The fourth-order valence-electron chi connectivity index (χ4n) is 2.41. The molecule has 0 aromatic heterocycles. The molecule has 0 radical (unpaired) electrons. The fourth-order valence-corrected chi connectivity index (χ4v) is 2.41. The summed E-state index contributed by atoms with van der Waals surface area (Å²) in [6, 6.07) is 0.344. The molecule has 0 spiro atoms. The lowest BCUT2D eigenvalue weighted by Crippen LogP contribution is -2.37. The molecule has 0 aliphatic heterocycles. The minimum atomic E-state index is -0.834. The molecule has 0 atom stereocenters. The summed E-state index contributed by atoms with van der Waals surface area (Å²) >= 11 is 0. The summed E-state index contributed by atoms with van der Waals surface area (Å²) in [6.07, 6.45) is 5.86. The third kappa shape index (κ3) is 6.00. The predicted octanol–water partition coefficient (Wildman–Crippen LogP) is 1.23. The average molecular weight is 256 g/mol. The van der Waals surface area contributed by atoms with Gasteiger partial charge in [-0.2, -0.15) is 0 Å². The van der Waals surface area contributed by atoms with Crippen molar-refractivity contribution in [1.82, 2.24) is 10.2 Å². The molecule has 18 heavy (non-hydrogen) atoms. The van der Waals surface area contributed by atoms with Crippen molar-refractivity contribution in [1.29, 1.82) is 0 Å². The third-order valence-corrected chi connectivity index (χ3v) is 3.27. The molecule has 1 amide bonds. The Morgan fingerprint density at radius 2 is 1.94 bits per heavy atom. The Morgan fingerprint density at radius 1 is 1.28 bits per heavy atom. The van der Waals surface area contributed by atoms with Gasteiger partial charge in [0.2, 0.25) is 5.91 Å². The van der Waals surface area contributed by atoms with E-state index in [1.54, 1.807) is 0 Å². The molecule has 104 valence electrons. The second-order valence-corrected chi connectivity index (χ2v) is 4.97. The Labute approximate surface area is 109 Å². The zero-order valence-electron chi connectivity index (χ0n) is 11.2. The number of carbonyl (C=O) groups excluding carboxylic acids is 1. The summed E-state index contributed by atoms with van der Waals surface area (Å²) in [5.74, 6) is -0.784. The monoisotopic (exact) mass is 256 g/mol. The summed E-state index contributed by atoms with van der Waals surface area (Å²) in [6.45, 7) is 3.28. The van der Waals surface area contributed by atoms with Gasteiger partial charge in [0.25, 0.3) is 0 Å². The van der Waals surface area contributed by atoms with Gasteiger partial charge in [-0.05, 0) is 25.8 Å². The van der Waals surface area contributed by atoms with Crippen LogP contribution in [0.2, 0.25) is 0 Å². The predicted molar refractivity (Wildman–Crippen MR) is 69.4 cm³/mol. The molecule has 1 fully saturated rings. The summed E-state index contributed by atoms with van der Waals surface area (Å²) in [7, 11) is 0. The minimum absolute atomic E-state index is 0.0184. The van der Waals surface area contributed by atoms with E-state index in [0.29, 0.717) is 19.0 Å². The van der Waals surface area contributed by atoms with Crippen molar-refractivity contribution in [2.24, 2.45) is 0 Å². The molecule has 5 nitrogen and oxygen atoms in total. The fraction of sp³-hybridized carbons (Fsp3) is 0.846. The standard InChI is InChI=1S/C13H24N2O3/c1-2-8-15(10-13(17)18)9-7-12(16)14-11-5-3-4-6-11/h11H,2-10H2,1H3,(H,14,16)(H,17,18). The lowest BCUT2D eigenvalue weighted by Gasteiger charge is -2.19. The Kier molecular flexibility index (Phi) is 6.72. The third-order valence-electron chi connectivity index (χ3n) is 3.27. The van der Waals surface area contributed by atoms with Crippen molar-refractivity contribution < 1.29 is 14.7 Å². The van der Waals surface area contributed by atoms with E-state index < -0.39 is 5.97 Å². The summed E-state index contributed by atoms with van der Waals surface area (Å²) in [5.41, 5.74) is 0. The molecule has 5 heteroatoms. The van der Waals surface area contributed by atoms with E-state index >= 15 is 0 Å². The zero-order valence-corrected chi connectivity index (χ0v) is 11.2. The van der Waals surface area contributed by atoms with Gasteiger partial charge in [-0.1, -0.05) is 19.8 Å². The number of amides is 1. The van der Waals surface area contributed by atoms with Gasteiger partial charge in [0.1, 0.15) is 0 Å². The van der Waals surface area contributed by atoms with E-state index in [9.17, 15) is 9.59 Å². The topological polar surface area (TPSA) is 69.6 Å². The number of carbonyl (C=O) groups is 2. The first kappa shape index (κ1) is 15.0. The number of hydrogen-bond donors (Lipinski definition) is 2. The van der Waals surface area contributed by atoms with Crippen LogP contribution in [-0.2, 0) is 9.59 Å². The van der Waals surface area contributed by atoms with E-state index in [-0.39, 0.29) is 12.5 Å². The highest BCUT2D eigenvalue weighted by Gasteiger charge is 2.17. The SMILES string of the molecule is CCCN(CCC(=O)NC1CCCC1)CC(=O)O. The van der Waals surface area contributed by atoms with Crippen LogP contribution in [0.5, 0.6) is 0 Å². The average Bonchev–Trinajstić information content (AvgIpc) is 2.78. The van der Waals surface area contributed by atoms with Crippen molar-refractivity contribution in [3.05, 3.63) is 0 Å². The Hall–Kier alpha value is -1.10. The highest BCUT2D eigenvalue weighted by Crippen LogP contribution is 2.17. The molecule has 0 aromatic rings. The molecule has 1 rings (SSSR count). The number of hydrogen-bond acceptors (Lipinski definition) is 3. The Morgan fingerprint density at radius 3 is 2.50 bits per heavy atom. The minimum Gasteiger partial charge on any atom is -0.480 e. The van der Waals surface area contributed by atoms with Crippen molar-refractivity contribution >= 4 is 11.9 Å². The number of rotatable bonds is 8. The number of carboxylic acids is 1. The van der Waals surface area contributed by atoms with Gasteiger partial charge in [-0.3, -0.25) is 14.5 Å². The molecular weight excluding hydrogens is 232 g/mol. The quantitative estimate of drug-likeness (QED) is 0.685. The molecule has 1 aliphatic rings. The van der Waals surface area contributed by atoms with Crippen LogP contribution in [0.25, 0.3) is 0 Å². The second kappa shape index (κ2) is 8.08. The van der Waals surface area contributed by atoms with Crippen molar-refractivity contribution in [3.8, 4) is 0 Å². The van der Waals surface area contributed by atoms with Gasteiger partial charge >= 0.3 is 5.97 Å². The summed E-state index contributed by atoms with van der Waals surface area (Å²) in [5, 5.41) is 11.8. The highest BCUT2D eigenvalue weighted by atomic mass is 16.4. The molecule has 0 saturated heterocycles. The lowest BCUT2D eigenvalue weighted by molar-refractivity contribution is -0.138. The van der Waals surface area contributed by atoms with Crippen LogP contribution < -0.4 is 5.32 Å². The number of nitrogens with zero attached hydrogens (tertiary/aromatic N) is 1. The van der Waals surface area contributed by atoms with Gasteiger partial charge in [-0.15, -0.1) is 0 Å². The van der Waals surface area contributed by atoms with E-state index in [2.05, 4.69) is 5.32 Å². The van der Waals surface area contributed by atoms with Crippen molar-refractivity contribution in [2.45, 2.75) is 51.5 Å². The smallest absolute Gasteiger partial charge is 0.317 e. The second-order valence-electron chi connectivity index (χ2n) is 4.97. The molecule has 0 aromatic carbocycles. The first-order valence-electron chi connectivity index (χ1n) is 6.85. The van der Waals surface area contributed by atoms with Gasteiger partial charge in [0.15, 0.2) is 0 Å². The van der Waals surface area contributed by atoms with Gasteiger partial charge < -0.3 is 10.4 Å². The van der Waals surface area contributed by atoms with Crippen molar-refractivity contribution in [3.63, 3.8) is 0 Å². The molecule has 1 saturated carbocycles. The number of carboxylic acid groups (broad SMARTS) is 1. The van der Waals surface area contributed by atoms with Crippen LogP contribution in [0.3, 0.4) is 0 Å². The van der Waals surface area contributed by atoms with Gasteiger partial charge in [0, 0.05) is 19.0 Å². The van der Waals surface area contributed by atoms with Crippen LogP contribution in [0.4, 0.5) is 0 Å².